The van der Waals surface area contributed by atoms with E-state index in [1.807, 2.05) is 0 Å². The van der Waals surface area contributed by atoms with Gasteiger partial charge >= 0.3 is 17.1 Å². The molecule has 0 unspecified atom stereocenters. The van der Waals surface area contributed by atoms with E-state index in [1.165, 1.54) is 15.9 Å². The largest absolute Gasteiger partial charge is 4.00 e. The monoisotopic (exact) mass is 435 g/mol. The van der Waals surface area contributed by atoms with E-state index in [1.54, 1.807) is 0 Å². The van der Waals surface area contributed by atoms with Gasteiger partial charge in [-0.25, -0.2) is 0 Å². The number of rotatable bonds is 3. The van der Waals surface area contributed by atoms with Crippen molar-refractivity contribution in [3.8, 4) is 0 Å². The molecule has 28 heavy (non-hydrogen) atoms. The average Bonchev–Trinajstić information content (AvgIpc) is 2.82. The number of hydrogen-bond acceptors (Lipinski definition) is 4. The van der Waals surface area contributed by atoms with E-state index < -0.39 is 7.92 Å². The van der Waals surface area contributed by atoms with E-state index in [0.29, 0.717) is 0 Å². The third kappa shape index (κ3) is 10.4. The van der Waals surface area contributed by atoms with Crippen molar-refractivity contribution in [2.45, 2.75) is 0 Å². The van der Waals surface area contributed by atoms with Crippen molar-refractivity contribution >= 4 is 51.0 Å². The van der Waals surface area contributed by atoms with E-state index in [2.05, 4.69) is 118 Å². The van der Waals surface area contributed by atoms with Crippen molar-refractivity contribution in [3.05, 3.63) is 91.0 Å². The van der Waals surface area contributed by atoms with Crippen molar-refractivity contribution in [1.29, 1.82) is 0 Å². The summed E-state index contributed by atoms with van der Waals surface area (Å²) in [6.45, 7) is 13.0. The molecule has 0 radical (unpaired) electrons. The smallest absolute Gasteiger partial charge is 0.545 e. The molecule has 0 aliphatic carbocycles. The molecule has 0 aromatic heterocycles. The zero-order valence-electron chi connectivity index (χ0n) is 15.0. The van der Waals surface area contributed by atoms with Crippen LogP contribution in [0.5, 0.6) is 0 Å². The summed E-state index contributed by atoms with van der Waals surface area (Å²) >= 11 is 0. The Labute approximate surface area is 178 Å². The molecule has 0 heterocycles. The van der Waals surface area contributed by atoms with E-state index in [-0.39, 0.29) is 17.1 Å². The summed E-state index contributed by atoms with van der Waals surface area (Å²) in [4.78, 5) is 31.0. The van der Waals surface area contributed by atoms with Gasteiger partial charge in [0.15, 0.2) is 0 Å². The van der Waals surface area contributed by atoms with E-state index in [4.69, 9.17) is 19.2 Å². The van der Waals surface area contributed by atoms with Crippen LogP contribution in [-0.4, -0.2) is 27.2 Å². The van der Waals surface area contributed by atoms with Crippen LogP contribution in [-0.2, 0) is 36.2 Å². The van der Waals surface area contributed by atoms with Crippen LogP contribution in [0.25, 0.3) is 0 Å². The van der Waals surface area contributed by atoms with Gasteiger partial charge in [-0.1, -0.05) is 54.6 Å². The molecule has 3 rings (SSSR count). The molecule has 0 bridgehead atoms. The maximum absolute atomic E-state index is 7.75. The summed E-state index contributed by atoms with van der Waals surface area (Å²) in [6, 6.07) is 32.5. The first kappa shape index (κ1) is 30.0. The maximum Gasteiger partial charge on any atom is 4.00 e. The zero-order chi connectivity index (χ0) is 20.9. The van der Waals surface area contributed by atoms with Crippen molar-refractivity contribution in [2.24, 2.45) is 0 Å². The third-order valence-corrected chi connectivity index (χ3v) is 5.92. The summed E-state index contributed by atoms with van der Waals surface area (Å²) in [5.74, 6) is 0. The van der Waals surface area contributed by atoms with Gasteiger partial charge in [-0.3, -0.25) is 27.2 Å². The second-order valence-corrected chi connectivity index (χ2v) is 6.96. The molecule has 4 nitrogen and oxygen atoms in total. The first-order chi connectivity index (χ1) is 13.4. The molecule has 3 aromatic rings. The fraction of sp³-hybridized carbons (Fsp3) is 0. The van der Waals surface area contributed by atoms with Crippen LogP contribution >= 0.6 is 7.92 Å². The molecule has 0 saturated carbocycles. The first-order valence-electron chi connectivity index (χ1n) is 7.42. The van der Waals surface area contributed by atoms with Gasteiger partial charge in [-0.2, -0.15) is 0 Å². The van der Waals surface area contributed by atoms with Crippen molar-refractivity contribution < 1.29 is 36.2 Å². The van der Waals surface area contributed by atoms with Gasteiger partial charge in [0.2, 0.25) is 0 Å². The standard InChI is InChI=1S/C18H15P.4CHO.Fe/c1-4-10-16(11-5-1)19(17-12-6-2-7-13-17)18-14-8-3-9-15-18;4*1-2;/h1-15H;4*1H;/q;4*-1;+4/p+1. The molecular formula is C22H20FeO4P+. The fourth-order valence-corrected chi connectivity index (χ4v) is 4.89. The van der Waals surface area contributed by atoms with Gasteiger partial charge in [0.1, 0.15) is 15.9 Å². The van der Waals surface area contributed by atoms with Crippen LogP contribution < -0.4 is 15.9 Å². The Kier molecular flexibility index (Phi) is 24.0. The summed E-state index contributed by atoms with van der Waals surface area (Å²) in [7, 11) is -0.877. The molecule has 0 amide bonds. The molecule has 0 N–H and O–H groups in total. The number of benzene rings is 3. The Morgan fingerprint density at radius 3 is 0.750 bits per heavy atom. The molecule has 144 valence electrons. The Hall–Kier alpha value is -2.71. The van der Waals surface area contributed by atoms with E-state index in [0.717, 1.165) is 0 Å². The zero-order valence-corrected chi connectivity index (χ0v) is 17.1. The minimum atomic E-state index is -0.877. The Bertz CT molecular complexity index is 598. The number of carbonyl (C=O) groups excluding carboxylic acids is 4. The molecule has 0 fully saturated rings. The molecule has 0 aliphatic rings. The minimum absolute atomic E-state index is 0. The maximum atomic E-state index is 7.75. The van der Waals surface area contributed by atoms with Crippen LogP contribution in [0.15, 0.2) is 91.0 Å². The molecule has 0 atom stereocenters. The van der Waals surface area contributed by atoms with Crippen molar-refractivity contribution in [2.75, 3.05) is 0 Å². The van der Waals surface area contributed by atoms with Crippen LogP contribution in [0.2, 0.25) is 0 Å². The molecule has 3 aromatic carbocycles. The summed E-state index contributed by atoms with van der Waals surface area (Å²) in [5, 5.41) is 4.31. The van der Waals surface area contributed by atoms with Crippen molar-refractivity contribution in [3.63, 3.8) is 0 Å². The van der Waals surface area contributed by atoms with E-state index in [9.17, 15) is 0 Å². The average molecular weight is 435 g/mol. The predicted molar refractivity (Wildman–Crippen MR) is 114 cm³/mol. The Balaban J connectivity index is -0.000000622. The SMILES string of the molecule is [CH-]=O.[CH-]=O.[CH-]=O.[CH-]=O.[Fe+4].c1ccc([PH+](c2ccccc2)c2ccccc2)cc1. The van der Waals surface area contributed by atoms with Gasteiger partial charge in [0, 0.05) is 0 Å². The summed E-state index contributed by atoms with van der Waals surface area (Å²) in [6.07, 6.45) is 0. The van der Waals surface area contributed by atoms with Gasteiger partial charge in [-0.05, 0) is 36.4 Å². The molecule has 0 spiro atoms. The first-order valence-corrected chi connectivity index (χ1v) is 8.92. The number of hydrogen-bond donors (Lipinski definition) is 0. The van der Waals surface area contributed by atoms with Crippen LogP contribution in [0.1, 0.15) is 0 Å². The summed E-state index contributed by atoms with van der Waals surface area (Å²) < 4.78 is 0. The normalized spacial score (nSPS) is 7.75. The Morgan fingerprint density at radius 2 is 0.571 bits per heavy atom. The quantitative estimate of drug-likeness (QED) is 0.274. The second kappa shape index (κ2) is 22.3. The third-order valence-electron chi connectivity index (χ3n) is 3.19. The fourth-order valence-electron chi connectivity index (χ4n) is 2.31. The molecule has 0 aliphatic heterocycles. The minimum Gasteiger partial charge on any atom is -0.545 e. The second-order valence-electron chi connectivity index (χ2n) is 4.47. The van der Waals surface area contributed by atoms with Crippen molar-refractivity contribution in [1.82, 2.24) is 0 Å². The van der Waals surface area contributed by atoms with Crippen LogP contribution in [0.4, 0.5) is 0 Å². The van der Waals surface area contributed by atoms with Gasteiger partial charge in [-0.15, -0.1) is 0 Å². The van der Waals surface area contributed by atoms with Gasteiger partial charge < -0.3 is 19.2 Å². The van der Waals surface area contributed by atoms with Crippen LogP contribution in [0.3, 0.4) is 0 Å². The summed E-state index contributed by atoms with van der Waals surface area (Å²) in [5.41, 5.74) is 0. The molecule has 6 heteroatoms. The molecular weight excluding hydrogens is 415 g/mol. The predicted octanol–water partition coefficient (Wildman–Crippen LogP) is 2.08. The van der Waals surface area contributed by atoms with Gasteiger partial charge in [0.25, 0.3) is 0 Å². The molecule has 0 saturated heterocycles. The van der Waals surface area contributed by atoms with Gasteiger partial charge in [0.05, 0.1) is 7.92 Å². The van der Waals surface area contributed by atoms with E-state index >= 15 is 0 Å². The van der Waals surface area contributed by atoms with Crippen LogP contribution in [0, 0.1) is 0 Å². The topological polar surface area (TPSA) is 68.3 Å². The Morgan fingerprint density at radius 1 is 0.393 bits per heavy atom.